The lowest BCUT2D eigenvalue weighted by Crippen LogP contribution is -2.12. The average molecular weight is 229 g/mol. The van der Waals surface area contributed by atoms with Gasteiger partial charge in [0, 0.05) is 37.6 Å². The van der Waals surface area contributed by atoms with Gasteiger partial charge in [0.25, 0.3) is 0 Å². The van der Waals surface area contributed by atoms with Crippen molar-refractivity contribution in [2.24, 2.45) is 0 Å². The van der Waals surface area contributed by atoms with Crippen molar-refractivity contribution in [2.75, 3.05) is 11.9 Å². The largest absolute Gasteiger partial charge is 0.383 e. The molecule has 3 nitrogen and oxygen atoms in total. The molecular weight excluding hydrogens is 210 g/mol. The third-order valence-electron chi connectivity index (χ3n) is 2.85. The lowest BCUT2D eigenvalue weighted by Gasteiger charge is -2.09. The highest BCUT2D eigenvalue weighted by Crippen LogP contribution is 2.08. The van der Waals surface area contributed by atoms with Gasteiger partial charge in [-0.1, -0.05) is 24.6 Å². The van der Waals surface area contributed by atoms with Crippen LogP contribution >= 0.6 is 0 Å². The number of hydrogen-bond acceptors (Lipinski definition) is 2. The van der Waals surface area contributed by atoms with E-state index < -0.39 is 0 Å². The van der Waals surface area contributed by atoms with Crippen LogP contribution in [0.25, 0.3) is 0 Å². The minimum absolute atomic E-state index is 0.923. The van der Waals surface area contributed by atoms with Crippen LogP contribution in [0.15, 0.2) is 36.7 Å². The standard InChI is InChI=1S/C14H19N3/c1-3-14-16-9-11-17(14)10-8-15-13-6-4-12(2)5-7-13/h4-7,9,11,15H,3,8,10H2,1-2H3. The highest BCUT2D eigenvalue weighted by Gasteiger charge is 1.99. The van der Waals surface area contributed by atoms with Crippen LogP contribution in [0.3, 0.4) is 0 Å². The summed E-state index contributed by atoms with van der Waals surface area (Å²) in [7, 11) is 0. The van der Waals surface area contributed by atoms with Crippen LogP contribution in [0, 0.1) is 6.92 Å². The molecule has 90 valence electrons. The minimum atomic E-state index is 0.923. The van der Waals surface area contributed by atoms with Crippen molar-refractivity contribution < 1.29 is 0 Å². The molecule has 0 amide bonds. The molecule has 0 aliphatic rings. The van der Waals surface area contributed by atoms with Gasteiger partial charge in [0.1, 0.15) is 5.82 Å². The van der Waals surface area contributed by atoms with E-state index in [-0.39, 0.29) is 0 Å². The van der Waals surface area contributed by atoms with Crippen molar-refractivity contribution in [3.63, 3.8) is 0 Å². The first-order valence-corrected chi connectivity index (χ1v) is 6.10. The Hall–Kier alpha value is -1.77. The molecule has 0 aliphatic carbocycles. The Morgan fingerprint density at radius 1 is 1.24 bits per heavy atom. The molecule has 0 aliphatic heterocycles. The smallest absolute Gasteiger partial charge is 0.108 e. The molecule has 0 fully saturated rings. The van der Waals surface area contributed by atoms with E-state index in [1.165, 1.54) is 11.3 Å². The molecular formula is C14H19N3. The minimum Gasteiger partial charge on any atom is -0.383 e. The number of nitrogens with zero attached hydrogens (tertiary/aromatic N) is 2. The topological polar surface area (TPSA) is 29.9 Å². The number of benzene rings is 1. The molecule has 1 aromatic carbocycles. The Morgan fingerprint density at radius 2 is 2.00 bits per heavy atom. The Bertz CT molecular complexity index is 457. The molecule has 0 radical (unpaired) electrons. The zero-order valence-electron chi connectivity index (χ0n) is 10.5. The second-order valence-electron chi connectivity index (χ2n) is 4.18. The molecule has 0 saturated carbocycles. The number of imidazole rings is 1. The monoisotopic (exact) mass is 229 g/mol. The maximum absolute atomic E-state index is 4.31. The van der Waals surface area contributed by atoms with Crippen molar-refractivity contribution in [3.8, 4) is 0 Å². The second-order valence-corrected chi connectivity index (χ2v) is 4.18. The van der Waals surface area contributed by atoms with Crippen LogP contribution in [0.2, 0.25) is 0 Å². The van der Waals surface area contributed by atoms with Crippen LogP contribution in [-0.2, 0) is 13.0 Å². The molecule has 3 heteroatoms. The fourth-order valence-electron chi connectivity index (χ4n) is 1.85. The van der Waals surface area contributed by atoms with Crippen LogP contribution in [0.5, 0.6) is 0 Å². The highest BCUT2D eigenvalue weighted by molar-refractivity contribution is 5.44. The number of nitrogens with one attached hydrogen (secondary N) is 1. The normalized spacial score (nSPS) is 10.5. The third-order valence-corrected chi connectivity index (χ3v) is 2.85. The van der Waals surface area contributed by atoms with Crippen molar-refractivity contribution >= 4 is 5.69 Å². The quantitative estimate of drug-likeness (QED) is 0.854. The van der Waals surface area contributed by atoms with Crippen LogP contribution < -0.4 is 5.32 Å². The van der Waals surface area contributed by atoms with Gasteiger partial charge >= 0.3 is 0 Å². The molecule has 17 heavy (non-hydrogen) atoms. The first kappa shape index (κ1) is 11.7. The summed E-state index contributed by atoms with van der Waals surface area (Å²) in [6.45, 7) is 6.11. The Labute approximate surface area is 103 Å². The number of aryl methyl sites for hydroxylation is 2. The molecule has 1 N–H and O–H groups in total. The van der Waals surface area contributed by atoms with Gasteiger partial charge in [0.2, 0.25) is 0 Å². The fraction of sp³-hybridized carbons (Fsp3) is 0.357. The van der Waals surface area contributed by atoms with Gasteiger partial charge in [-0.15, -0.1) is 0 Å². The summed E-state index contributed by atoms with van der Waals surface area (Å²) in [5.74, 6) is 1.15. The Morgan fingerprint density at radius 3 is 2.71 bits per heavy atom. The van der Waals surface area contributed by atoms with E-state index in [2.05, 4.69) is 53.0 Å². The highest BCUT2D eigenvalue weighted by atomic mass is 15.1. The van der Waals surface area contributed by atoms with E-state index >= 15 is 0 Å². The molecule has 2 rings (SSSR count). The Kier molecular flexibility index (Phi) is 3.81. The van der Waals surface area contributed by atoms with Crippen molar-refractivity contribution in [3.05, 3.63) is 48.0 Å². The van der Waals surface area contributed by atoms with Gasteiger partial charge in [0.15, 0.2) is 0 Å². The molecule has 1 heterocycles. The van der Waals surface area contributed by atoms with Crippen molar-refractivity contribution in [1.29, 1.82) is 0 Å². The molecule has 1 aromatic heterocycles. The molecule has 0 spiro atoms. The van der Waals surface area contributed by atoms with Gasteiger partial charge in [-0.2, -0.15) is 0 Å². The average Bonchev–Trinajstić information content (AvgIpc) is 2.79. The summed E-state index contributed by atoms with van der Waals surface area (Å²) >= 11 is 0. The molecule has 2 aromatic rings. The number of anilines is 1. The lowest BCUT2D eigenvalue weighted by molar-refractivity contribution is 0.681. The van der Waals surface area contributed by atoms with Crippen molar-refractivity contribution in [1.82, 2.24) is 9.55 Å². The summed E-state index contributed by atoms with van der Waals surface area (Å²) in [5.41, 5.74) is 2.46. The van der Waals surface area contributed by atoms with E-state index in [4.69, 9.17) is 0 Å². The molecule has 0 bridgehead atoms. The number of rotatable bonds is 5. The van der Waals surface area contributed by atoms with E-state index in [1.54, 1.807) is 0 Å². The third kappa shape index (κ3) is 3.09. The van der Waals surface area contributed by atoms with Gasteiger partial charge in [-0.3, -0.25) is 0 Å². The van der Waals surface area contributed by atoms with Gasteiger partial charge in [-0.25, -0.2) is 4.98 Å². The van der Waals surface area contributed by atoms with E-state index in [0.717, 1.165) is 25.3 Å². The van der Waals surface area contributed by atoms with Crippen LogP contribution in [-0.4, -0.2) is 16.1 Å². The fourth-order valence-corrected chi connectivity index (χ4v) is 1.85. The van der Waals surface area contributed by atoms with Crippen LogP contribution in [0.4, 0.5) is 5.69 Å². The number of aromatic nitrogens is 2. The summed E-state index contributed by atoms with van der Waals surface area (Å²) in [6.07, 6.45) is 4.89. The lowest BCUT2D eigenvalue weighted by atomic mass is 10.2. The van der Waals surface area contributed by atoms with Gasteiger partial charge < -0.3 is 9.88 Å². The maximum atomic E-state index is 4.31. The zero-order chi connectivity index (χ0) is 12.1. The second kappa shape index (κ2) is 5.53. The molecule has 0 saturated heterocycles. The predicted molar refractivity (Wildman–Crippen MR) is 71.3 cm³/mol. The van der Waals surface area contributed by atoms with Crippen molar-refractivity contribution in [2.45, 2.75) is 26.8 Å². The Balaban J connectivity index is 1.85. The summed E-state index contributed by atoms with van der Waals surface area (Å²) in [4.78, 5) is 4.31. The first-order valence-electron chi connectivity index (χ1n) is 6.10. The van der Waals surface area contributed by atoms with E-state index in [1.807, 2.05) is 12.4 Å². The summed E-state index contributed by atoms with van der Waals surface area (Å²) in [5, 5.41) is 3.41. The van der Waals surface area contributed by atoms with E-state index in [0.29, 0.717) is 0 Å². The molecule has 0 atom stereocenters. The molecule has 0 unspecified atom stereocenters. The maximum Gasteiger partial charge on any atom is 0.108 e. The SMILES string of the molecule is CCc1nccn1CCNc1ccc(C)cc1. The zero-order valence-corrected chi connectivity index (χ0v) is 10.5. The van der Waals surface area contributed by atoms with Gasteiger partial charge in [-0.05, 0) is 19.1 Å². The number of hydrogen-bond donors (Lipinski definition) is 1. The predicted octanol–water partition coefficient (Wildman–Crippen LogP) is 2.87. The summed E-state index contributed by atoms with van der Waals surface area (Å²) in [6, 6.07) is 8.47. The first-order chi connectivity index (χ1) is 8.29. The van der Waals surface area contributed by atoms with Crippen LogP contribution in [0.1, 0.15) is 18.3 Å². The van der Waals surface area contributed by atoms with Gasteiger partial charge in [0.05, 0.1) is 0 Å². The summed E-state index contributed by atoms with van der Waals surface area (Å²) < 4.78 is 2.20. The van der Waals surface area contributed by atoms with E-state index in [9.17, 15) is 0 Å².